The molecule has 3 aliphatic carbocycles. The van der Waals surface area contributed by atoms with E-state index in [9.17, 15) is 34.2 Å². The maximum Gasteiger partial charge on any atom is 0.408 e. The Balaban J connectivity index is 1.55. The number of Topliss-reactive ketones (excluding diaryl/α,β-unsaturated/α-hetero) is 1. The molecule has 2 bridgehead atoms. The van der Waals surface area contributed by atoms with Crippen molar-refractivity contribution in [3.05, 3.63) is 82.9 Å². The number of aliphatic hydroxyl groups is 2. The lowest BCUT2D eigenvalue weighted by atomic mass is 9.45. The monoisotopic (exact) mass is 879 g/mol. The number of carbonyl (C=O) groups excluding carboxylic acids is 6. The summed E-state index contributed by atoms with van der Waals surface area (Å²) in [5, 5.41) is 27.5. The first kappa shape index (κ1) is 46.7. The molecule has 0 radical (unpaired) electrons. The number of ether oxygens (including phenoxy) is 6. The molecule has 2 saturated carbocycles. The molecule has 1 aliphatic heterocycles. The Labute approximate surface area is 365 Å². The van der Waals surface area contributed by atoms with Gasteiger partial charge in [-0.05, 0) is 69.2 Å². The van der Waals surface area contributed by atoms with E-state index in [1.807, 2.05) is 0 Å². The SMILES string of the molecule is CSC1CC2OCC2(OC(C)=O)C2C(OC(=O)c3ccccc3)C3(O)CC(OC(=O)C(O)C(NC(=O)OC(C)(C)C)c4ccccc4)C(C)=C(C(OC(C)=O)C(=O)[C@]12C)C3(C)C. The Hall–Kier alpha value is -4.77. The fraction of sp³-hybridized carbons (Fsp3) is 0.565. The quantitative estimate of drug-likeness (QED) is 0.159. The van der Waals surface area contributed by atoms with Crippen LogP contribution in [0.4, 0.5) is 4.79 Å². The van der Waals surface area contributed by atoms with Gasteiger partial charge in [0.25, 0.3) is 0 Å². The number of thioether (sulfide) groups is 1. The van der Waals surface area contributed by atoms with Gasteiger partial charge in [-0.1, -0.05) is 69.3 Å². The number of amides is 1. The van der Waals surface area contributed by atoms with E-state index in [-0.39, 0.29) is 29.7 Å². The van der Waals surface area contributed by atoms with Crippen molar-refractivity contribution >= 4 is 47.5 Å². The molecule has 3 fully saturated rings. The van der Waals surface area contributed by atoms with Gasteiger partial charge in [0.05, 0.1) is 29.5 Å². The minimum atomic E-state index is -2.30. The van der Waals surface area contributed by atoms with Crippen LogP contribution in [0.1, 0.15) is 97.1 Å². The third-order valence-electron chi connectivity index (χ3n) is 13.1. The Morgan fingerprint density at radius 2 is 1.53 bits per heavy atom. The summed E-state index contributed by atoms with van der Waals surface area (Å²) in [6, 6.07) is 14.9. The van der Waals surface area contributed by atoms with Crippen LogP contribution >= 0.6 is 11.8 Å². The predicted molar refractivity (Wildman–Crippen MR) is 224 cm³/mol. The first-order valence-electron chi connectivity index (χ1n) is 20.6. The van der Waals surface area contributed by atoms with E-state index in [1.165, 1.54) is 30.8 Å². The van der Waals surface area contributed by atoms with Crippen LogP contribution in [0.2, 0.25) is 0 Å². The summed E-state index contributed by atoms with van der Waals surface area (Å²) < 4.78 is 36.3. The number of ketones is 1. The maximum atomic E-state index is 15.8. The van der Waals surface area contributed by atoms with Gasteiger partial charge in [-0.3, -0.25) is 14.4 Å². The zero-order valence-electron chi connectivity index (χ0n) is 36.7. The van der Waals surface area contributed by atoms with Gasteiger partial charge in [0.1, 0.15) is 29.5 Å². The highest BCUT2D eigenvalue weighted by Gasteiger charge is 2.78. The highest BCUT2D eigenvalue weighted by molar-refractivity contribution is 7.99. The number of hydrogen-bond donors (Lipinski definition) is 3. The van der Waals surface area contributed by atoms with Crippen LogP contribution in [0.15, 0.2) is 71.8 Å². The van der Waals surface area contributed by atoms with Crippen molar-refractivity contribution in [3.63, 3.8) is 0 Å². The molecule has 62 heavy (non-hydrogen) atoms. The number of esters is 4. The van der Waals surface area contributed by atoms with E-state index < -0.39 is 118 Å². The molecular weight excluding hydrogens is 823 g/mol. The second-order valence-corrected chi connectivity index (χ2v) is 19.4. The van der Waals surface area contributed by atoms with E-state index >= 15 is 4.79 Å². The summed E-state index contributed by atoms with van der Waals surface area (Å²) in [7, 11) is 0. The Morgan fingerprint density at radius 1 is 0.919 bits per heavy atom. The normalized spacial score (nSPS) is 32.2. The molecule has 3 N–H and O–H groups in total. The Morgan fingerprint density at radius 3 is 2.06 bits per heavy atom. The van der Waals surface area contributed by atoms with Crippen molar-refractivity contribution in [3.8, 4) is 0 Å². The topological polar surface area (TPSA) is 210 Å². The van der Waals surface area contributed by atoms with E-state index in [2.05, 4.69) is 5.32 Å². The minimum absolute atomic E-state index is 0.0963. The molecule has 336 valence electrons. The summed E-state index contributed by atoms with van der Waals surface area (Å²) in [6.45, 7) is 13.6. The van der Waals surface area contributed by atoms with Gasteiger partial charge in [-0.25, -0.2) is 14.4 Å². The lowest BCUT2D eigenvalue weighted by Gasteiger charge is -2.68. The van der Waals surface area contributed by atoms with Gasteiger partial charge in [0.15, 0.2) is 23.6 Å². The van der Waals surface area contributed by atoms with Gasteiger partial charge in [0, 0.05) is 30.9 Å². The van der Waals surface area contributed by atoms with E-state index in [0.717, 1.165) is 6.92 Å². The van der Waals surface area contributed by atoms with Gasteiger partial charge in [-0.15, -0.1) is 0 Å². The number of alkyl carbamates (subject to hydrolysis) is 1. The molecule has 2 aromatic rings. The molecule has 6 rings (SSSR count). The van der Waals surface area contributed by atoms with E-state index in [0.29, 0.717) is 5.56 Å². The lowest BCUT2D eigenvalue weighted by molar-refractivity contribution is -0.331. The van der Waals surface area contributed by atoms with Crippen LogP contribution in [0.3, 0.4) is 0 Å². The molecule has 10 unspecified atom stereocenters. The Bertz CT molecular complexity index is 2120. The number of benzene rings is 2. The third kappa shape index (κ3) is 8.14. The number of aliphatic hydroxyl groups excluding tert-OH is 1. The number of nitrogens with one attached hydrogen (secondary N) is 1. The third-order valence-corrected chi connectivity index (χ3v) is 14.3. The molecule has 2 aromatic carbocycles. The summed E-state index contributed by atoms with van der Waals surface area (Å²) in [5.74, 6) is -5.54. The van der Waals surface area contributed by atoms with Crippen LogP contribution < -0.4 is 5.32 Å². The van der Waals surface area contributed by atoms with Crippen molar-refractivity contribution in [2.24, 2.45) is 16.7 Å². The Kier molecular flexibility index (Phi) is 12.9. The minimum Gasteiger partial charge on any atom is -0.456 e. The van der Waals surface area contributed by atoms with Crippen molar-refractivity contribution < 1.29 is 67.4 Å². The second-order valence-electron chi connectivity index (χ2n) is 18.4. The van der Waals surface area contributed by atoms with Crippen molar-refractivity contribution in [1.29, 1.82) is 0 Å². The van der Waals surface area contributed by atoms with Crippen LogP contribution in [-0.2, 0) is 47.6 Å². The van der Waals surface area contributed by atoms with Gasteiger partial charge < -0.3 is 44.0 Å². The van der Waals surface area contributed by atoms with Crippen LogP contribution in [-0.4, -0.2) is 111 Å². The highest BCUT2D eigenvalue weighted by atomic mass is 32.2. The molecule has 0 aromatic heterocycles. The number of hydrogen-bond acceptors (Lipinski definition) is 15. The second kappa shape index (κ2) is 17.1. The van der Waals surface area contributed by atoms with Crippen molar-refractivity contribution in [2.75, 3.05) is 12.9 Å². The summed E-state index contributed by atoms with van der Waals surface area (Å²) >= 11 is 1.34. The smallest absolute Gasteiger partial charge is 0.408 e. The average Bonchev–Trinajstić information content (AvgIpc) is 3.19. The standard InChI is InChI=1S/C46H57NO14S/c1-24-29(58-40(53)34(50)33(27-17-13-11-14-18-27)47-41(54)61-42(4,5)6)22-46(55)38(59-39(52)28-19-15-12-16-20-28)36-44(9,37(51)35(57-25(2)48)32(24)43(46,7)8)31(62-10)21-30-45(36,23-56-30)60-26(3)49/h11-20,29-31,33-36,38,50,55H,21-23H2,1-10H3,(H,47,54)/t29?,30?,31?,33?,34?,35?,36?,38?,44-,45?,46?/m1/s1. The molecule has 0 spiro atoms. The number of carbonyl (C=O) groups is 6. The summed E-state index contributed by atoms with van der Waals surface area (Å²) in [5.41, 5.74) is -7.28. The molecule has 11 atom stereocenters. The number of fused-ring (bicyclic) bond motifs is 5. The van der Waals surface area contributed by atoms with Crippen LogP contribution in [0.25, 0.3) is 0 Å². The maximum absolute atomic E-state index is 15.8. The van der Waals surface area contributed by atoms with Crippen LogP contribution in [0, 0.1) is 16.7 Å². The van der Waals surface area contributed by atoms with Gasteiger partial charge >= 0.3 is 30.0 Å². The number of rotatable bonds is 10. The predicted octanol–water partition coefficient (Wildman–Crippen LogP) is 5.20. The molecule has 15 nitrogen and oxygen atoms in total. The lowest BCUT2D eigenvalue weighted by Crippen LogP contribution is -2.81. The first-order chi connectivity index (χ1) is 28.9. The van der Waals surface area contributed by atoms with Gasteiger partial charge in [-0.2, -0.15) is 11.8 Å². The van der Waals surface area contributed by atoms with E-state index in [1.54, 1.807) is 103 Å². The van der Waals surface area contributed by atoms with Crippen LogP contribution in [0.5, 0.6) is 0 Å². The fourth-order valence-corrected chi connectivity index (χ4v) is 11.2. The molecule has 1 amide bonds. The molecule has 1 heterocycles. The summed E-state index contributed by atoms with van der Waals surface area (Å²) in [6.07, 6.45) is -7.02. The highest BCUT2D eigenvalue weighted by Crippen LogP contribution is 2.65. The largest absolute Gasteiger partial charge is 0.456 e. The summed E-state index contributed by atoms with van der Waals surface area (Å²) in [4.78, 5) is 83.6. The fourth-order valence-electron chi connectivity index (χ4n) is 10.1. The van der Waals surface area contributed by atoms with Gasteiger partial charge in [0.2, 0.25) is 0 Å². The van der Waals surface area contributed by atoms with Crippen molar-refractivity contribution in [1.82, 2.24) is 5.32 Å². The zero-order chi connectivity index (χ0) is 45.7. The molecular formula is C46H57NO14S. The first-order valence-corrected chi connectivity index (χ1v) is 21.9. The average molecular weight is 880 g/mol. The zero-order valence-corrected chi connectivity index (χ0v) is 37.5. The molecule has 4 aliphatic rings. The molecule has 1 saturated heterocycles. The van der Waals surface area contributed by atoms with Crippen molar-refractivity contribution in [2.45, 2.75) is 134 Å². The molecule has 16 heteroatoms. The van der Waals surface area contributed by atoms with E-state index in [4.69, 9.17) is 28.4 Å².